The van der Waals surface area contributed by atoms with Crippen LogP contribution in [-0.4, -0.2) is 26.2 Å². The molecule has 0 amide bonds. The number of hydrogen-bond donors (Lipinski definition) is 1. The van der Waals surface area contributed by atoms with Gasteiger partial charge >= 0.3 is 11.9 Å². The van der Waals surface area contributed by atoms with E-state index in [-0.39, 0.29) is 23.9 Å². The highest BCUT2D eigenvalue weighted by molar-refractivity contribution is 7.13. The van der Waals surface area contributed by atoms with Gasteiger partial charge in [0.1, 0.15) is 12.4 Å². The fourth-order valence-electron chi connectivity index (χ4n) is 1.33. The molecule has 2 heterocycles. The Hall–Kier alpha value is -2.17. The number of nitrogens with zero attached hydrogens (tertiary/aromatic N) is 4. The van der Waals surface area contributed by atoms with Crippen molar-refractivity contribution < 1.29 is 18.1 Å². The van der Waals surface area contributed by atoms with Gasteiger partial charge in [-0.2, -0.15) is 18.3 Å². The summed E-state index contributed by atoms with van der Waals surface area (Å²) in [5.74, 6) is 0. The molecule has 0 radical (unpaired) electrons. The first-order valence-electron chi connectivity index (χ1n) is 5.29. The van der Waals surface area contributed by atoms with Crippen LogP contribution in [0.15, 0.2) is 17.8 Å². The van der Waals surface area contributed by atoms with Gasteiger partial charge in [0.25, 0.3) is 0 Å². The number of aromatic nitrogens is 3. The molecule has 0 spiro atoms. The standard InChI is InChI=1S/C9H8F3N5O2S/c10-9(11,12)7-5-20-8(15-7)13-1-2-16-4-6(3-14-16)17(18)19/h3-5H,1-2H2,(H,13,15). The molecule has 20 heavy (non-hydrogen) atoms. The van der Waals surface area contributed by atoms with E-state index in [2.05, 4.69) is 15.4 Å². The molecule has 108 valence electrons. The maximum atomic E-state index is 12.3. The third kappa shape index (κ3) is 3.44. The number of nitro groups is 1. The van der Waals surface area contributed by atoms with E-state index in [1.807, 2.05) is 0 Å². The van der Waals surface area contributed by atoms with Crippen LogP contribution in [0.4, 0.5) is 24.0 Å². The number of nitrogens with one attached hydrogen (secondary N) is 1. The maximum absolute atomic E-state index is 12.3. The third-order valence-electron chi connectivity index (χ3n) is 2.24. The van der Waals surface area contributed by atoms with Gasteiger partial charge in [-0.3, -0.25) is 14.8 Å². The molecular formula is C9H8F3N5O2S. The lowest BCUT2D eigenvalue weighted by molar-refractivity contribution is -0.385. The van der Waals surface area contributed by atoms with E-state index in [4.69, 9.17) is 0 Å². The van der Waals surface area contributed by atoms with E-state index in [1.165, 1.54) is 10.9 Å². The molecule has 0 saturated carbocycles. The fourth-order valence-corrected chi connectivity index (χ4v) is 2.08. The molecule has 2 aromatic rings. The molecular weight excluding hydrogens is 299 g/mol. The lowest BCUT2D eigenvalue weighted by Crippen LogP contribution is -2.11. The first-order valence-corrected chi connectivity index (χ1v) is 6.17. The summed E-state index contributed by atoms with van der Waals surface area (Å²) in [7, 11) is 0. The van der Waals surface area contributed by atoms with Crippen LogP contribution in [0.5, 0.6) is 0 Å². The average Bonchev–Trinajstić information content (AvgIpc) is 2.96. The van der Waals surface area contributed by atoms with E-state index in [1.54, 1.807) is 0 Å². The zero-order chi connectivity index (χ0) is 14.8. The molecule has 1 N–H and O–H groups in total. The number of halogens is 3. The Morgan fingerprint density at radius 1 is 1.50 bits per heavy atom. The second-order valence-electron chi connectivity index (χ2n) is 3.68. The second-order valence-corrected chi connectivity index (χ2v) is 4.54. The smallest absolute Gasteiger partial charge is 0.360 e. The maximum Gasteiger partial charge on any atom is 0.434 e. The topological polar surface area (TPSA) is 85.9 Å². The highest BCUT2D eigenvalue weighted by atomic mass is 32.1. The molecule has 0 aromatic carbocycles. The summed E-state index contributed by atoms with van der Waals surface area (Å²) in [4.78, 5) is 13.2. The molecule has 0 bridgehead atoms. The van der Waals surface area contributed by atoms with Gasteiger partial charge < -0.3 is 5.32 Å². The van der Waals surface area contributed by atoms with Gasteiger partial charge in [-0.1, -0.05) is 0 Å². The largest absolute Gasteiger partial charge is 0.434 e. The van der Waals surface area contributed by atoms with E-state index < -0.39 is 16.8 Å². The first kappa shape index (κ1) is 14.2. The van der Waals surface area contributed by atoms with Crippen molar-refractivity contribution in [1.29, 1.82) is 0 Å². The summed E-state index contributed by atoms with van der Waals surface area (Å²) in [5.41, 5.74) is -1.08. The van der Waals surface area contributed by atoms with Crippen molar-refractivity contribution in [1.82, 2.24) is 14.8 Å². The number of thiazole rings is 1. The van der Waals surface area contributed by atoms with Gasteiger partial charge in [-0.15, -0.1) is 11.3 Å². The Morgan fingerprint density at radius 2 is 2.25 bits per heavy atom. The van der Waals surface area contributed by atoms with E-state index in [9.17, 15) is 23.3 Å². The minimum Gasteiger partial charge on any atom is -0.360 e. The summed E-state index contributed by atoms with van der Waals surface area (Å²) in [5, 5.41) is 17.9. The van der Waals surface area contributed by atoms with Crippen LogP contribution in [0.1, 0.15) is 5.69 Å². The van der Waals surface area contributed by atoms with Crippen LogP contribution in [0.25, 0.3) is 0 Å². The van der Waals surface area contributed by atoms with Crippen molar-refractivity contribution in [3.63, 3.8) is 0 Å². The Morgan fingerprint density at radius 3 is 2.80 bits per heavy atom. The zero-order valence-corrected chi connectivity index (χ0v) is 10.6. The zero-order valence-electron chi connectivity index (χ0n) is 9.79. The van der Waals surface area contributed by atoms with Gasteiger partial charge in [-0.05, 0) is 0 Å². The van der Waals surface area contributed by atoms with Crippen LogP contribution >= 0.6 is 11.3 Å². The molecule has 0 saturated heterocycles. The van der Waals surface area contributed by atoms with Gasteiger partial charge in [0.05, 0.1) is 11.5 Å². The summed E-state index contributed by atoms with van der Waals surface area (Å²) >= 11 is 0.842. The van der Waals surface area contributed by atoms with Crippen LogP contribution in [0.2, 0.25) is 0 Å². The SMILES string of the molecule is O=[N+]([O-])c1cnn(CCNc2nc(C(F)(F)F)cs2)c1. The number of rotatable bonds is 5. The number of anilines is 1. The van der Waals surface area contributed by atoms with Crippen molar-refractivity contribution in [3.8, 4) is 0 Å². The summed E-state index contributed by atoms with van der Waals surface area (Å²) < 4.78 is 38.2. The first-order chi connectivity index (χ1) is 9.36. The monoisotopic (exact) mass is 307 g/mol. The molecule has 0 atom stereocenters. The number of hydrogen-bond acceptors (Lipinski definition) is 6. The van der Waals surface area contributed by atoms with E-state index in [0.717, 1.165) is 22.9 Å². The molecule has 2 aromatic heterocycles. The van der Waals surface area contributed by atoms with Crippen molar-refractivity contribution in [3.05, 3.63) is 33.6 Å². The highest BCUT2D eigenvalue weighted by Crippen LogP contribution is 2.31. The van der Waals surface area contributed by atoms with Crippen molar-refractivity contribution in [2.75, 3.05) is 11.9 Å². The van der Waals surface area contributed by atoms with E-state index >= 15 is 0 Å². The minimum atomic E-state index is -4.46. The van der Waals surface area contributed by atoms with Crippen LogP contribution in [0.3, 0.4) is 0 Å². The molecule has 0 unspecified atom stereocenters. The molecule has 0 aliphatic rings. The van der Waals surface area contributed by atoms with E-state index in [0.29, 0.717) is 0 Å². The molecule has 0 aliphatic carbocycles. The fraction of sp³-hybridized carbons (Fsp3) is 0.333. The molecule has 11 heteroatoms. The predicted molar refractivity (Wildman–Crippen MR) is 64.5 cm³/mol. The minimum absolute atomic E-state index is 0.138. The third-order valence-corrected chi connectivity index (χ3v) is 3.04. The molecule has 7 nitrogen and oxygen atoms in total. The Labute approximate surface area is 114 Å². The second kappa shape index (κ2) is 5.45. The quantitative estimate of drug-likeness (QED) is 0.677. The number of alkyl halides is 3. The molecule has 0 aliphatic heterocycles. The van der Waals surface area contributed by atoms with Gasteiger partial charge in [-0.25, -0.2) is 4.98 Å². The average molecular weight is 307 g/mol. The Balaban J connectivity index is 1.86. The van der Waals surface area contributed by atoms with Crippen LogP contribution in [-0.2, 0) is 12.7 Å². The summed E-state index contributed by atoms with van der Waals surface area (Å²) in [6.07, 6.45) is -2.12. The van der Waals surface area contributed by atoms with Crippen LogP contribution in [0, 0.1) is 10.1 Å². The lowest BCUT2D eigenvalue weighted by Gasteiger charge is -2.03. The van der Waals surface area contributed by atoms with Gasteiger partial charge in [0.2, 0.25) is 0 Å². The highest BCUT2D eigenvalue weighted by Gasteiger charge is 2.33. The Kier molecular flexibility index (Phi) is 3.88. The van der Waals surface area contributed by atoms with Gasteiger partial charge in [0, 0.05) is 11.9 Å². The van der Waals surface area contributed by atoms with Crippen molar-refractivity contribution in [2.24, 2.45) is 0 Å². The summed E-state index contributed by atoms with van der Waals surface area (Å²) in [6.45, 7) is 0.526. The van der Waals surface area contributed by atoms with Crippen molar-refractivity contribution >= 4 is 22.2 Å². The van der Waals surface area contributed by atoms with Crippen molar-refractivity contribution in [2.45, 2.75) is 12.7 Å². The molecule has 2 rings (SSSR count). The summed E-state index contributed by atoms with van der Waals surface area (Å²) in [6, 6.07) is 0. The normalized spacial score (nSPS) is 11.6. The van der Waals surface area contributed by atoms with Gasteiger partial charge in [0.15, 0.2) is 10.8 Å². The lowest BCUT2D eigenvalue weighted by atomic mass is 10.5. The van der Waals surface area contributed by atoms with Crippen LogP contribution < -0.4 is 5.32 Å². The Bertz CT molecular complexity index is 609. The predicted octanol–water partition coefficient (Wildman–Crippen LogP) is 2.38. The molecule has 0 fully saturated rings.